The first-order chi connectivity index (χ1) is 15.2. The molecule has 1 saturated heterocycles. The number of fused-ring (bicyclic) bond motifs is 1. The molecule has 0 unspecified atom stereocenters. The number of ether oxygens (including phenoxy) is 1. The van der Waals surface area contributed by atoms with Gasteiger partial charge in [-0.25, -0.2) is 0 Å². The number of hydrogen-bond donors (Lipinski definition) is 2. The summed E-state index contributed by atoms with van der Waals surface area (Å²) in [5.41, 5.74) is 3.20. The minimum atomic E-state index is -0.166. The van der Waals surface area contributed by atoms with Gasteiger partial charge >= 0.3 is 0 Å². The van der Waals surface area contributed by atoms with E-state index in [0.717, 1.165) is 41.8 Å². The summed E-state index contributed by atoms with van der Waals surface area (Å²) in [6, 6.07) is 15.8. The van der Waals surface area contributed by atoms with Gasteiger partial charge in [0.15, 0.2) is 0 Å². The summed E-state index contributed by atoms with van der Waals surface area (Å²) in [6.45, 7) is 1.64. The quantitative estimate of drug-likeness (QED) is 0.614. The lowest BCUT2D eigenvalue weighted by atomic mass is 9.96. The molecule has 2 N–H and O–H groups in total. The minimum Gasteiger partial charge on any atom is -0.496 e. The highest BCUT2D eigenvalue weighted by atomic mass is 16.5. The topological polar surface area (TPSA) is 74.4 Å². The lowest BCUT2D eigenvalue weighted by Crippen LogP contribution is -2.45. The molecule has 2 aromatic carbocycles. The molecular weight excluding hydrogens is 390 g/mol. The van der Waals surface area contributed by atoms with Gasteiger partial charge in [-0.05, 0) is 37.0 Å². The van der Waals surface area contributed by atoms with Gasteiger partial charge in [0.05, 0.1) is 13.0 Å². The fourth-order valence-corrected chi connectivity index (χ4v) is 4.33. The molecule has 2 heterocycles. The number of aromatic amines is 1. The number of nitrogens with zero attached hydrogens (tertiary/aromatic N) is 1. The van der Waals surface area contributed by atoms with Crippen LogP contribution in [0.2, 0.25) is 0 Å². The monoisotopic (exact) mass is 419 g/mol. The molecule has 0 radical (unpaired) electrons. The molecule has 0 aliphatic carbocycles. The molecular formula is C25H29N3O3. The number of rotatable bonds is 7. The number of methoxy groups -OCH3 is 1. The van der Waals surface area contributed by atoms with Crippen molar-refractivity contribution in [2.24, 2.45) is 5.92 Å². The fraction of sp³-hybridized carbons (Fsp3) is 0.360. The van der Waals surface area contributed by atoms with E-state index in [1.54, 1.807) is 7.11 Å². The maximum absolute atomic E-state index is 12.8. The van der Waals surface area contributed by atoms with Crippen molar-refractivity contribution in [1.82, 2.24) is 15.2 Å². The summed E-state index contributed by atoms with van der Waals surface area (Å²) in [5.74, 6) is 0.716. The van der Waals surface area contributed by atoms with Crippen LogP contribution in [0.3, 0.4) is 0 Å². The van der Waals surface area contributed by atoms with E-state index < -0.39 is 0 Å². The average Bonchev–Trinajstić information content (AvgIpc) is 3.24. The van der Waals surface area contributed by atoms with Crippen LogP contribution >= 0.6 is 0 Å². The molecule has 0 saturated carbocycles. The van der Waals surface area contributed by atoms with Crippen molar-refractivity contribution in [3.05, 3.63) is 65.9 Å². The van der Waals surface area contributed by atoms with Crippen molar-refractivity contribution in [1.29, 1.82) is 0 Å². The zero-order valence-corrected chi connectivity index (χ0v) is 17.9. The minimum absolute atomic E-state index is 0.0000322. The smallest absolute Gasteiger partial charge is 0.225 e. The van der Waals surface area contributed by atoms with Crippen molar-refractivity contribution in [3.63, 3.8) is 0 Å². The Morgan fingerprint density at radius 1 is 1.13 bits per heavy atom. The van der Waals surface area contributed by atoms with Crippen molar-refractivity contribution in [2.45, 2.75) is 32.2 Å². The number of benzene rings is 2. The third-order valence-electron chi connectivity index (χ3n) is 6.07. The van der Waals surface area contributed by atoms with Crippen LogP contribution < -0.4 is 10.1 Å². The van der Waals surface area contributed by atoms with Crippen LogP contribution in [0.15, 0.2) is 54.7 Å². The van der Waals surface area contributed by atoms with Gasteiger partial charge in [-0.1, -0.05) is 36.4 Å². The number of amides is 2. The zero-order valence-electron chi connectivity index (χ0n) is 17.9. The number of H-pyrrole nitrogens is 1. The molecule has 1 aliphatic heterocycles. The van der Waals surface area contributed by atoms with Crippen LogP contribution in [0.25, 0.3) is 10.9 Å². The predicted molar refractivity (Wildman–Crippen MR) is 121 cm³/mol. The Labute approximate surface area is 182 Å². The van der Waals surface area contributed by atoms with Gasteiger partial charge in [0.2, 0.25) is 11.8 Å². The molecule has 0 bridgehead atoms. The Kier molecular flexibility index (Phi) is 6.55. The van der Waals surface area contributed by atoms with Gasteiger partial charge in [0.25, 0.3) is 0 Å². The Balaban J connectivity index is 1.30. The van der Waals surface area contributed by atoms with E-state index in [2.05, 4.69) is 16.4 Å². The Hall–Kier alpha value is -3.28. The second-order valence-corrected chi connectivity index (χ2v) is 8.07. The Morgan fingerprint density at radius 3 is 2.81 bits per heavy atom. The molecule has 3 aromatic rings. The molecule has 0 spiro atoms. The number of aromatic nitrogens is 1. The largest absolute Gasteiger partial charge is 0.496 e. The predicted octanol–water partition coefficient (Wildman–Crippen LogP) is 3.66. The van der Waals surface area contributed by atoms with E-state index >= 15 is 0 Å². The van der Waals surface area contributed by atoms with Crippen LogP contribution in [0.4, 0.5) is 0 Å². The molecule has 4 rings (SSSR count). The molecule has 1 aliphatic rings. The van der Waals surface area contributed by atoms with Gasteiger partial charge < -0.3 is 19.9 Å². The Bertz CT molecular complexity index is 1060. The van der Waals surface area contributed by atoms with Crippen LogP contribution in [0.5, 0.6) is 5.75 Å². The molecule has 6 nitrogen and oxygen atoms in total. The van der Waals surface area contributed by atoms with Gasteiger partial charge in [-0.15, -0.1) is 0 Å². The van der Waals surface area contributed by atoms with E-state index in [1.165, 1.54) is 5.39 Å². The van der Waals surface area contributed by atoms with Crippen LogP contribution in [-0.4, -0.2) is 41.9 Å². The highest BCUT2D eigenvalue weighted by molar-refractivity contribution is 5.84. The summed E-state index contributed by atoms with van der Waals surface area (Å²) in [5, 5.41) is 4.19. The number of likely N-dealkylation sites (tertiary alicyclic amines) is 1. The maximum Gasteiger partial charge on any atom is 0.225 e. The molecule has 1 fully saturated rings. The van der Waals surface area contributed by atoms with E-state index in [1.807, 2.05) is 53.6 Å². The number of carbonyl (C=O) groups excluding carboxylic acids is 2. The van der Waals surface area contributed by atoms with Gasteiger partial charge in [0.1, 0.15) is 5.75 Å². The first-order valence-electron chi connectivity index (χ1n) is 10.9. The normalized spacial score (nSPS) is 16.3. The van der Waals surface area contributed by atoms with E-state index in [9.17, 15) is 9.59 Å². The van der Waals surface area contributed by atoms with Crippen LogP contribution in [0, 0.1) is 5.92 Å². The van der Waals surface area contributed by atoms with Gasteiger partial charge in [-0.2, -0.15) is 0 Å². The Morgan fingerprint density at radius 2 is 1.94 bits per heavy atom. The van der Waals surface area contributed by atoms with Crippen molar-refractivity contribution < 1.29 is 14.3 Å². The summed E-state index contributed by atoms with van der Waals surface area (Å²) in [4.78, 5) is 30.7. The molecule has 162 valence electrons. The highest BCUT2D eigenvalue weighted by Gasteiger charge is 2.28. The molecule has 6 heteroatoms. The third-order valence-corrected chi connectivity index (χ3v) is 6.07. The number of piperidine rings is 1. The average molecular weight is 420 g/mol. The van der Waals surface area contributed by atoms with Crippen molar-refractivity contribution in [2.75, 3.05) is 20.2 Å². The maximum atomic E-state index is 12.8. The molecule has 2 amide bonds. The summed E-state index contributed by atoms with van der Waals surface area (Å²) in [6.07, 6.45) is 4.80. The van der Waals surface area contributed by atoms with E-state index in [-0.39, 0.29) is 17.7 Å². The van der Waals surface area contributed by atoms with Gasteiger partial charge in [0, 0.05) is 48.7 Å². The second kappa shape index (κ2) is 9.69. The molecule has 31 heavy (non-hydrogen) atoms. The van der Waals surface area contributed by atoms with Crippen molar-refractivity contribution in [3.8, 4) is 5.75 Å². The summed E-state index contributed by atoms with van der Waals surface area (Å²) >= 11 is 0. The number of carbonyl (C=O) groups is 2. The van der Waals surface area contributed by atoms with Crippen LogP contribution in [0.1, 0.15) is 30.4 Å². The van der Waals surface area contributed by atoms with E-state index in [0.29, 0.717) is 25.9 Å². The number of para-hydroxylation sites is 2. The lowest BCUT2D eigenvalue weighted by molar-refractivity contribution is -0.135. The SMILES string of the molecule is COc1ccccc1CNC(=O)[C@@H]1CCCN(C(=O)CCc2c[nH]c3ccccc23)C1. The third kappa shape index (κ3) is 4.90. The number of nitrogens with one attached hydrogen (secondary N) is 2. The van der Waals surface area contributed by atoms with E-state index in [4.69, 9.17) is 4.74 Å². The lowest BCUT2D eigenvalue weighted by Gasteiger charge is -2.32. The second-order valence-electron chi connectivity index (χ2n) is 8.07. The zero-order chi connectivity index (χ0) is 21.6. The molecule has 1 aromatic heterocycles. The number of aryl methyl sites for hydroxylation is 1. The first-order valence-corrected chi connectivity index (χ1v) is 10.9. The summed E-state index contributed by atoms with van der Waals surface area (Å²) < 4.78 is 5.35. The number of hydrogen-bond acceptors (Lipinski definition) is 3. The standard InChI is InChI=1S/C25H29N3O3/c1-31-23-11-5-2-7-19(23)16-27-25(30)20-8-6-14-28(17-20)24(29)13-12-18-15-26-22-10-4-3-9-21(18)22/h2-5,7,9-11,15,20,26H,6,8,12-14,16-17H2,1H3,(H,27,30)/t20-/m1/s1. The van der Waals surface area contributed by atoms with Crippen molar-refractivity contribution >= 4 is 22.7 Å². The highest BCUT2D eigenvalue weighted by Crippen LogP contribution is 2.22. The summed E-state index contributed by atoms with van der Waals surface area (Å²) in [7, 11) is 1.63. The van der Waals surface area contributed by atoms with Gasteiger partial charge in [-0.3, -0.25) is 9.59 Å². The molecule has 1 atom stereocenters. The first kappa shape index (κ1) is 21.0. The fourth-order valence-electron chi connectivity index (χ4n) is 4.33. The van der Waals surface area contributed by atoms with Crippen LogP contribution in [-0.2, 0) is 22.6 Å².